The van der Waals surface area contributed by atoms with Gasteiger partial charge in [-0.3, -0.25) is 4.57 Å². The molecule has 0 spiro atoms. The number of amides is 1. The van der Waals surface area contributed by atoms with Crippen molar-refractivity contribution >= 4 is 22.9 Å². The van der Waals surface area contributed by atoms with Crippen molar-refractivity contribution in [1.82, 2.24) is 9.88 Å². The molecule has 1 fully saturated rings. The Kier molecular flexibility index (Phi) is 4.38. The van der Waals surface area contributed by atoms with Crippen LogP contribution in [0.2, 0.25) is 0 Å². The molecule has 5 nitrogen and oxygen atoms in total. The molecule has 1 aliphatic heterocycles. The van der Waals surface area contributed by atoms with Gasteiger partial charge in [0.2, 0.25) is 0 Å². The number of aromatic nitrogens is 1. The van der Waals surface area contributed by atoms with Crippen molar-refractivity contribution < 1.29 is 14.3 Å². The molecule has 29 heavy (non-hydrogen) atoms. The van der Waals surface area contributed by atoms with Crippen LogP contribution in [0.15, 0.2) is 42.5 Å². The maximum Gasteiger partial charge on any atom is 0.337 e. The lowest BCUT2D eigenvalue weighted by Gasteiger charge is -2.23. The largest absolute Gasteiger partial charge is 0.465 e. The van der Waals surface area contributed by atoms with E-state index in [1.165, 1.54) is 31.9 Å². The first-order valence-electron chi connectivity index (χ1n) is 10.3. The summed E-state index contributed by atoms with van der Waals surface area (Å²) < 4.78 is 6.69. The molecule has 2 aromatic carbocycles. The first-order valence-corrected chi connectivity index (χ1v) is 10.3. The fraction of sp³-hybridized carbons (Fsp3) is 0.333. The van der Waals surface area contributed by atoms with Crippen LogP contribution in [0.3, 0.4) is 0 Å². The molecular weight excluding hydrogens is 364 g/mol. The molecule has 0 unspecified atom stereocenters. The monoisotopic (exact) mass is 388 g/mol. The third-order valence-corrected chi connectivity index (χ3v) is 6.35. The van der Waals surface area contributed by atoms with E-state index in [0.717, 1.165) is 40.6 Å². The van der Waals surface area contributed by atoms with Gasteiger partial charge < -0.3 is 10.1 Å². The molecule has 148 valence electrons. The van der Waals surface area contributed by atoms with E-state index >= 15 is 0 Å². The van der Waals surface area contributed by atoms with Gasteiger partial charge in [-0.15, -0.1) is 0 Å². The average Bonchev–Trinajstić information content (AvgIpc) is 3.04. The summed E-state index contributed by atoms with van der Waals surface area (Å²) in [6.07, 6.45) is 5.97. The molecule has 1 aromatic heterocycles. The number of rotatable bonds is 2. The number of fused-ring (bicyclic) bond motifs is 5. The van der Waals surface area contributed by atoms with Crippen LogP contribution < -0.4 is 5.32 Å². The van der Waals surface area contributed by atoms with Gasteiger partial charge in [-0.2, -0.15) is 0 Å². The van der Waals surface area contributed by atoms with Crippen LogP contribution in [0.25, 0.3) is 22.2 Å². The second-order valence-electron chi connectivity index (χ2n) is 7.97. The summed E-state index contributed by atoms with van der Waals surface area (Å²) in [4.78, 5) is 25.3. The Bertz CT molecular complexity index is 1120. The third-order valence-electron chi connectivity index (χ3n) is 6.35. The van der Waals surface area contributed by atoms with Gasteiger partial charge in [0.15, 0.2) is 0 Å². The van der Waals surface area contributed by atoms with E-state index in [1.54, 1.807) is 10.6 Å². The number of nitrogens with one attached hydrogen (secondary N) is 1. The van der Waals surface area contributed by atoms with Gasteiger partial charge in [-0.05, 0) is 42.0 Å². The van der Waals surface area contributed by atoms with Crippen LogP contribution in [-0.2, 0) is 11.3 Å². The first-order chi connectivity index (χ1) is 14.2. The summed E-state index contributed by atoms with van der Waals surface area (Å²) in [5.41, 5.74) is 5.69. The first kappa shape index (κ1) is 18.0. The molecule has 5 rings (SSSR count). The summed E-state index contributed by atoms with van der Waals surface area (Å²) in [7, 11) is 1.38. The van der Waals surface area contributed by atoms with Crippen molar-refractivity contribution in [2.24, 2.45) is 0 Å². The van der Waals surface area contributed by atoms with E-state index in [0.29, 0.717) is 18.0 Å². The average molecular weight is 388 g/mol. The highest BCUT2D eigenvalue weighted by atomic mass is 16.5. The number of methoxy groups -OCH3 is 1. The standard InChI is InChI=1S/C24H24N2O3/c1-29-23(27)16-11-12-19-20(13-16)26-22(21(19)15-7-3-2-4-8-15)18-10-6-5-9-17(18)14-25-24(26)28/h5-6,9-13,15H,2-4,7-8,14H2,1H3,(H,25,28). The summed E-state index contributed by atoms with van der Waals surface area (Å²) >= 11 is 0. The second-order valence-corrected chi connectivity index (χ2v) is 7.97. The van der Waals surface area contributed by atoms with Crippen molar-refractivity contribution in [3.8, 4) is 11.3 Å². The molecule has 0 radical (unpaired) electrons. The maximum absolute atomic E-state index is 13.2. The van der Waals surface area contributed by atoms with E-state index in [9.17, 15) is 9.59 Å². The number of carbonyl (C=O) groups is 2. The van der Waals surface area contributed by atoms with Crippen LogP contribution in [0, 0.1) is 0 Å². The summed E-state index contributed by atoms with van der Waals surface area (Å²) in [6, 6.07) is 13.7. The van der Waals surface area contributed by atoms with Crippen LogP contribution >= 0.6 is 0 Å². The highest BCUT2D eigenvalue weighted by molar-refractivity contribution is 6.05. The van der Waals surface area contributed by atoms with E-state index in [2.05, 4.69) is 17.4 Å². The molecule has 3 aromatic rings. The normalized spacial score (nSPS) is 16.7. The zero-order valence-electron chi connectivity index (χ0n) is 16.5. The van der Waals surface area contributed by atoms with E-state index in [4.69, 9.17) is 4.74 Å². The Morgan fingerprint density at radius 3 is 2.69 bits per heavy atom. The van der Waals surface area contributed by atoms with Crippen molar-refractivity contribution in [3.05, 3.63) is 59.2 Å². The van der Waals surface area contributed by atoms with Crippen molar-refractivity contribution in [1.29, 1.82) is 0 Å². The summed E-state index contributed by atoms with van der Waals surface area (Å²) in [5, 5.41) is 4.10. The highest BCUT2D eigenvalue weighted by Crippen LogP contribution is 2.45. The van der Waals surface area contributed by atoms with Gasteiger partial charge in [0, 0.05) is 17.5 Å². The molecule has 0 bridgehead atoms. The van der Waals surface area contributed by atoms with Crippen LogP contribution in [0.4, 0.5) is 4.79 Å². The molecule has 1 aliphatic carbocycles. The van der Waals surface area contributed by atoms with Crippen LogP contribution in [0.1, 0.15) is 59.5 Å². The Morgan fingerprint density at radius 1 is 1.10 bits per heavy atom. The van der Waals surface area contributed by atoms with Gasteiger partial charge in [0.1, 0.15) is 0 Å². The number of benzene rings is 2. The Balaban J connectivity index is 1.86. The number of esters is 1. The topological polar surface area (TPSA) is 60.3 Å². The van der Waals surface area contributed by atoms with E-state index < -0.39 is 5.97 Å². The molecule has 0 atom stereocenters. The van der Waals surface area contributed by atoms with E-state index in [-0.39, 0.29) is 6.03 Å². The number of ether oxygens (including phenoxy) is 1. The Hall–Kier alpha value is -3.08. The fourth-order valence-electron chi connectivity index (χ4n) is 4.99. The van der Waals surface area contributed by atoms with Crippen molar-refractivity contribution in [3.63, 3.8) is 0 Å². The van der Waals surface area contributed by atoms with Gasteiger partial charge in [0.05, 0.1) is 23.9 Å². The number of carbonyl (C=O) groups excluding carboxylic acids is 2. The smallest absolute Gasteiger partial charge is 0.337 e. The molecule has 1 N–H and O–H groups in total. The minimum absolute atomic E-state index is 0.148. The molecule has 2 heterocycles. The van der Waals surface area contributed by atoms with Gasteiger partial charge >= 0.3 is 12.0 Å². The number of nitrogens with zero attached hydrogens (tertiary/aromatic N) is 1. The predicted octanol–water partition coefficient (Wildman–Crippen LogP) is 5.21. The molecule has 1 amide bonds. The minimum Gasteiger partial charge on any atom is -0.465 e. The lowest BCUT2D eigenvalue weighted by atomic mass is 9.81. The maximum atomic E-state index is 13.2. The quantitative estimate of drug-likeness (QED) is 0.613. The SMILES string of the molecule is COC(=O)c1ccc2c(C3CCCCC3)c3n(c2c1)C(=O)NCc1ccccc1-3. The zero-order valence-corrected chi connectivity index (χ0v) is 16.5. The summed E-state index contributed by atoms with van der Waals surface area (Å²) in [5.74, 6) is 0.0292. The molecule has 0 saturated heterocycles. The zero-order chi connectivity index (χ0) is 20.0. The van der Waals surface area contributed by atoms with Crippen molar-refractivity contribution in [2.45, 2.75) is 44.6 Å². The fourth-order valence-corrected chi connectivity index (χ4v) is 4.99. The highest BCUT2D eigenvalue weighted by Gasteiger charge is 2.31. The molecule has 1 saturated carbocycles. The molecule has 5 heteroatoms. The number of hydrogen-bond acceptors (Lipinski definition) is 3. The van der Waals surface area contributed by atoms with Crippen LogP contribution in [-0.4, -0.2) is 23.7 Å². The second kappa shape index (κ2) is 7.07. The van der Waals surface area contributed by atoms with Crippen molar-refractivity contribution in [2.75, 3.05) is 7.11 Å². The predicted molar refractivity (Wildman–Crippen MR) is 112 cm³/mol. The van der Waals surface area contributed by atoms with E-state index in [1.807, 2.05) is 24.3 Å². The van der Waals surface area contributed by atoms with Gasteiger partial charge in [-0.25, -0.2) is 9.59 Å². The molecular formula is C24H24N2O3. The number of hydrogen-bond donors (Lipinski definition) is 1. The van der Waals surface area contributed by atoms with Crippen LogP contribution in [0.5, 0.6) is 0 Å². The summed E-state index contributed by atoms with van der Waals surface area (Å²) in [6.45, 7) is 0.499. The lowest BCUT2D eigenvalue weighted by Crippen LogP contribution is -2.26. The Labute approximate surface area is 169 Å². The Morgan fingerprint density at radius 2 is 1.90 bits per heavy atom. The van der Waals surface area contributed by atoms with Gasteiger partial charge in [0.25, 0.3) is 0 Å². The van der Waals surface area contributed by atoms with Gasteiger partial charge in [-0.1, -0.05) is 49.6 Å². The molecule has 2 aliphatic rings. The third kappa shape index (κ3) is 2.84. The lowest BCUT2D eigenvalue weighted by molar-refractivity contribution is 0.0601. The minimum atomic E-state index is -0.393.